The molecule has 1 aromatic carbocycles. The lowest BCUT2D eigenvalue weighted by atomic mass is 10.1. The number of benzene rings is 1. The molecule has 0 unspecified atom stereocenters. The summed E-state index contributed by atoms with van der Waals surface area (Å²) in [5.41, 5.74) is 1.34. The lowest BCUT2D eigenvalue weighted by molar-refractivity contribution is 0.0912. The van der Waals surface area contributed by atoms with Gasteiger partial charge in [0.1, 0.15) is 5.76 Å². The SMILES string of the molecule is CC[C@@H](C)NC(=O)c1ccc(-c2cccc(C#N)c2)o1. The van der Waals surface area contributed by atoms with Gasteiger partial charge in [0.05, 0.1) is 11.6 Å². The Labute approximate surface area is 118 Å². The van der Waals surface area contributed by atoms with E-state index in [0.717, 1.165) is 12.0 Å². The number of carbonyl (C=O) groups excluding carboxylic acids is 1. The summed E-state index contributed by atoms with van der Waals surface area (Å²) in [4.78, 5) is 11.9. The number of furan rings is 1. The van der Waals surface area contributed by atoms with Crippen LogP contribution in [0.5, 0.6) is 0 Å². The predicted molar refractivity (Wildman–Crippen MR) is 76.1 cm³/mol. The Morgan fingerprint density at radius 1 is 1.40 bits per heavy atom. The fraction of sp³-hybridized carbons (Fsp3) is 0.250. The van der Waals surface area contributed by atoms with Crippen LogP contribution in [-0.4, -0.2) is 11.9 Å². The Morgan fingerprint density at radius 3 is 2.90 bits per heavy atom. The summed E-state index contributed by atoms with van der Waals surface area (Å²) in [6.07, 6.45) is 0.865. The number of hydrogen-bond acceptors (Lipinski definition) is 3. The summed E-state index contributed by atoms with van der Waals surface area (Å²) in [6.45, 7) is 3.95. The molecule has 1 N–H and O–H groups in total. The van der Waals surface area contributed by atoms with Crippen molar-refractivity contribution in [1.82, 2.24) is 5.32 Å². The average Bonchev–Trinajstić information content (AvgIpc) is 2.97. The number of nitrogens with one attached hydrogen (secondary N) is 1. The summed E-state index contributed by atoms with van der Waals surface area (Å²) >= 11 is 0. The molecule has 0 saturated carbocycles. The van der Waals surface area contributed by atoms with Gasteiger partial charge < -0.3 is 9.73 Å². The highest BCUT2D eigenvalue weighted by Gasteiger charge is 2.13. The minimum absolute atomic E-state index is 0.109. The molecule has 0 saturated heterocycles. The van der Waals surface area contributed by atoms with Crippen molar-refractivity contribution in [3.05, 3.63) is 47.7 Å². The van der Waals surface area contributed by atoms with Crippen molar-refractivity contribution in [2.45, 2.75) is 26.3 Å². The third kappa shape index (κ3) is 3.07. The number of carbonyl (C=O) groups is 1. The number of amides is 1. The van der Waals surface area contributed by atoms with Crippen LogP contribution < -0.4 is 5.32 Å². The van der Waals surface area contributed by atoms with E-state index in [2.05, 4.69) is 11.4 Å². The standard InChI is InChI=1S/C16H16N2O2/c1-3-11(2)18-16(19)15-8-7-14(20-15)13-6-4-5-12(9-13)10-17/h4-9,11H,3H2,1-2H3,(H,18,19)/t11-/m1/s1. The molecule has 1 amide bonds. The molecule has 0 bridgehead atoms. The van der Waals surface area contributed by atoms with Crippen LogP contribution in [0.4, 0.5) is 0 Å². The predicted octanol–water partition coefficient (Wildman–Crippen LogP) is 3.35. The first-order valence-corrected chi connectivity index (χ1v) is 6.55. The molecule has 1 atom stereocenters. The summed E-state index contributed by atoms with van der Waals surface area (Å²) in [5, 5.41) is 11.7. The van der Waals surface area contributed by atoms with Gasteiger partial charge in [0.25, 0.3) is 5.91 Å². The van der Waals surface area contributed by atoms with Gasteiger partial charge in [-0.2, -0.15) is 5.26 Å². The van der Waals surface area contributed by atoms with Crippen LogP contribution in [0.2, 0.25) is 0 Å². The first-order chi connectivity index (χ1) is 9.63. The van der Waals surface area contributed by atoms with Crippen LogP contribution in [-0.2, 0) is 0 Å². The zero-order chi connectivity index (χ0) is 14.5. The van der Waals surface area contributed by atoms with Crippen LogP contribution >= 0.6 is 0 Å². The molecule has 0 fully saturated rings. The van der Waals surface area contributed by atoms with E-state index < -0.39 is 0 Å². The quantitative estimate of drug-likeness (QED) is 0.924. The molecular formula is C16H16N2O2. The highest BCUT2D eigenvalue weighted by Crippen LogP contribution is 2.23. The minimum Gasteiger partial charge on any atom is -0.451 e. The first-order valence-electron chi connectivity index (χ1n) is 6.55. The van der Waals surface area contributed by atoms with Gasteiger partial charge in [-0.05, 0) is 37.6 Å². The monoisotopic (exact) mass is 268 g/mol. The summed E-state index contributed by atoms with van der Waals surface area (Å²) in [7, 11) is 0. The molecule has 1 aromatic heterocycles. The van der Waals surface area contributed by atoms with Crippen molar-refractivity contribution >= 4 is 5.91 Å². The maximum Gasteiger partial charge on any atom is 0.287 e. The number of hydrogen-bond donors (Lipinski definition) is 1. The van der Waals surface area contributed by atoms with Gasteiger partial charge in [-0.25, -0.2) is 0 Å². The lowest BCUT2D eigenvalue weighted by Crippen LogP contribution is -2.31. The topological polar surface area (TPSA) is 66.0 Å². The fourth-order valence-electron chi connectivity index (χ4n) is 1.75. The maximum atomic E-state index is 11.9. The van der Waals surface area contributed by atoms with E-state index >= 15 is 0 Å². The molecular weight excluding hydrogens is 252 g/mol. The number of nitrogens with zero attached hydrogens (tertiary/aromatic N) is 1. The Kier molecular flexibility index (Phi) is 4.21. The van der Waals surface area contributed by atoms with Gasteiger partial charge in [-0.1, -0.05) is 19.1 Å². The van der Waals surface area contributed by atoms with Crippen LogP contribution in [0.3, 0.4) is 0 Å². The molecule has 20 heavy (non-hydrogen) atoms. The Morgan fingerprint density at radius 2 is 2.20 bits per heavy atom. The fourth-order valence-corrected chi connectivity index (χ4v) is 1.75. The summed E-state index contributed by atoms with van der Waals surface area (Å²) < 4.78 is 5.55. The van der Waals surface area contributed by atoms with E-state index in [1.165, 1.54) is 0 Å². The van der Waals surface area contributed by atoms with Gasteiger partial charge in [0, 0.05) is 11.6 Å². The summed E-state index contributed by atoms with van der Waals surface area (Å²) in [5.74, 6) is 0.640. The molecule has 4 nitrogen and oxygen atoms in total. The number of rotatable bonds is 4. The van der Waals surface area contributed by atoms with Crippen molar-refractivity contribution in [3.8, 4) is 17.4 Å². The van der Waals surface area contributed by atoms with Gasteiger partial charge in [0.15, 0.2) is 5.76 Å². The highest BCUT2D eigenvalue weighted by molar-refractivity contribution is 5.92. The molecule has 2 aromatic rings. The second-order valence-corrected chi connectivity index (χ2v) is 4.64. The van der Waals surface area contributed by atoms with Crippen LogP contribution in [0.1, 0.15) is 36.4 Å². The van der Waals surface area contributed by atoms with Crippen molar-refractivity contribution in [2.75, 3.05) is 0 Å². The third-order valence-corrected chi connectivity index (χ3v) is 3.10. The first kappa shape index (κ1) is 13.9. The molecule has 0 radical (unpaired) electrons. The zero-order valence-corrected chi connectivity index (χ0v) is 11.5. The Bertz CT molecular complexity index is 652. The van der Waals surface area contributed by atoms with E-state index in [1.54, 1.807) is 30.3 Å². The molecule has 102 valence electrons. The number of nitriles is 1. The normalized spacial score (nSPS) is 11.7. The van der Waals surface area contributed by atoms with Gasteiger partial charge in [-0.15, -0.1) is 0 Å². The van der Waals surface area contributed by atoms with Crippen LogP contribution in [0.25, 0.3) is 11.3 Å². The largest absolute Gasteiger partial charge is 0.451 e. The van der Waals surface area contributed by atoms with Crippen molar-refractivity contribution < 1.29 is 9.21 Å². The van der Waals surface area contributed by atoms with Gasteiger partial charge in [-0.3, -0.25) is 4.79 Å². The van der Waals surface area contributed by atoms with E-state index in [0.29, 0.717) is 11.3 Å². The molecule has 2 rings (SSSR count). The molecule has 0 spiro atoms. The van der Waals surface area contributed by atoms with Crippen molar-refractivity contribution in [1.29, 1.82) is 5.26 Å². The maximum absolute atomic E-state index is 11.9. The lowest BCUT2D eigenvalue weighted by Gasteiger charge is -2.09. The van der Waals surface area contributed by atoms with Gasteiger partial charge >= 0.3 is 0 Å². The van der Waals surface area contributed by atoms with E-state index in [4.69, 9.17) is 9.68 Å². The van der Waals surface area contributed by atoms with Crippen LogP contribution in [0.15, 0.2) is 40.8 Å². The van der Waals surface area contributed by atoms with Crippen LogP contribution in [0, 0.1) is 11.3 Å². The Balaban J connectivity index is 2.20. The summed E-state index contributed by atoms with van der Waals surface area (Å²) in [6, 6.07) is 12.7. The average molecular weight is 268 g/mol. The van der Waals surface area contributed by atoms with Gasteiger partial charge in [0.2, 0.25) is 0 Å². The van der Waals surface area contributed by atoms with E-state index in [-0.39, 0.29) is 17.7 Å². The van der Waals surface area contributed by atoms with E-state index in [1.807, 2.05) is 19.9 Å². The third-order valence-electron chi connectivity index (χ3n) is 3.10. The molecule has 4 heteroatoms. The smallest absolute Gasteiger partial charge is 0.287 e. The molecule has 1 heterocycles. The second-order valence-electron chi connectivity index (χ2n) is 4.64. The molecule has 0 aliphatic heterocycles. The van der Waals surface area contributed by atoms with E-state index in [9.17, 15) is 4.79 Å². The highest BCUT2D eigenvalue weighted by atomic mass is 16.3. The molecule has 0 aliphatic carbocycles. The molecule has 0 aliphatic rings. The van der Waals surface area contributed by atoms with Crippen molar-refractivity contribution in [2.24, 2.45) is 0 Å². The minimum atomic E-state index is -0.220. The Hall–Kier alpha value is -2.54. The zero-order valence-electron chi connectivity index (χ0n) is 11.5. The second kappa shape index (κ2) is 6.07. The van der Waals surface area contributed by atoms with Crippen molar-refractivity contribution in [3.63, 3.8) is 0 Å².